The molecule has 1 fully saturated rings. The molecule has 1 heterocycles. The Morgan fingerprint density at radius 1 is 0.923 bits per heavy atom. The normalized spacial score (nSPS) is 19.6. The summed E-state index contributed by atoms with van der Waals surface area (Å²) in [7, 11) is 0. The summed E-state index contributed by atoms with van der Waals surface area (Å²) in [6, 6.07) is 3.91. The SMILES string of the molecule is CC(C)(C)c1cc(C(=O)N2CCCCC2C(F)(F)F)cc(C(C)(C)C)c1. The van der Waals surface area contributed by atoms with Gasteiger partial charge >= 0.3 is 6.18 Å². The van der Waals surface area contributed by atoms with Gasteiger partial charge in [0.1, 0.15) is 6.04 Å². The molecule has 0 bridgehead atoms. The van der Waals surface area contributed by atoms with E-state index in [0.29, 0.717) is 18.4 Å². The molecule has 0 N–H and O–H groups in total. The van der Waals surface area contributed by atoms with Crippen molar-refractivity contribution >= 4 is 5.91 Å². The predicted octanol–water partition coefficient (Wildman–Crippen LogP) is 5.84. The lowest BCUT2D eigenvalue weighted by atomic mass is 9.79. The molecule has 0 aliphatic carbocycles. The van der Waals surface area contributed by atoms with Gasteiger partial charge < -0.3 is 4.90 Å². The van der Waals surface area contributed by atoms with E-state index in [-0.39, 0.29) is 23.8 Å². The molecule has 1 aromatic carbocycles. The Balaban J connectivity index is 2.50. The Kier molecular flexibility index (Phi) is 5.51. The summed E-state index contributed by atoms with van der Waals surface area (Å²) < 4.78 is 40.2. The smallest absolute Gasteiger partial charge is 0.327 e. The molecule has 1 amide bonds. The number of amides is 1. The van der Waals surface area contributed by atoms with Crippen molar-refractivity contribution in [3.8, 4) is 0 Å². The van der Waals surface area contributed by atoms with Crippen molar-refractivity contribution in [1.29, 1.82) is 0 Å². The minimum absolute atomic E-state index is 0.0136. The monoisotopic (exact) mass is 369 g/mol. The van der Waals surface area contributed by atoms with E-state index in [0.717, 1.165) is 16.0 Å². The van der Waals surface area contributed by atoms with Crippen LogP contribution in [0.15, 0.2) is 18.2 Å². The Hall–Kier alpha value is -1.52. The van der Waals surface area contributed by atoms with Gasteiger partial charge in [0, 0.05) is 12.1 Å². The molecule has 1 aliphatic heterocycles. The second-order valence-electron chi connectivity index (χ2n) is 9.35. The molecule has 1 atom stereocenters. The van der Waals surface area contributed by atoms with Crippen LogP contribution in [-0.4, -0.2) is 29.6 Å². The number of hydrogen-bond acceptors (Lipinski definition) is 1. The molecule has 1 aliphatic rings. The van der Waals surface area contributed by atoms with Crippen LogP contribution in [0.25, 0.3) is 0 Å². The van der Waals surface area contributed by atoms with Crippen molar-refractivity contribution in [1.82, 2.24) is 4.90 Å². The summed E-state index contributed by atoms with van der Waals surface area (Å²) in [6.45, 7) is 12.4. The quantitative estimate of drug-likeness (QED) is 0.609. The number of halogens is 3. The Morgan fingerprint density at radius 2 is 1.42 bits per heavy atom. The van der Waals surface area contributed by atoms with E-state index in [2.05, 4.69) is 6.07 Å². The summed E-state index contributed by atoms with van der Waals surface area (Å²) in [5.74, 6) is -0.511. The van der Waals surface area contributed by atoms with Gasteiger partial charge in [-0.1, -0.05) is 47.6 Å². The number of rotatable bonds is 1. The molecule has 2 rings (SSSR count). The van der Waals surface area contributed by atoms with Gasteiger partial charge in [-0.3, -0.25) is 4.79 Å². The van der Waals surface area contributed by atoms with E-state index in [4.69, 9.17) is 0 Å². The molecule has 146 valence electrons. The minimum Gasteiger partial charge on any atom is -0.327 e. The van der Waals surface area contributed by atoms with E-state index in [1.165, 1.54) is 0 Å². The van der Waals surface area contributed by atoms with Crippen molar-refractivity contribution < 1.29 is 18.0 Å². The highest BCUT2D eigenvalue weighted by Gasteiger charge is 2.46. The van der Waals surface area contributed by atoms with E-state index in [9.17, 15) is 18.0 Å². The number of nitrogens with zero attached hydrogens (tertiary/aromatic N) is 1. The molecular formula is C21H30F3NO. The molecule has 5 heteroatoms. The highest BCUT2D eigenvalue weighted by atomic mass is 19.4. The number of carbonyl (C=O) groups is 1. The number of benzene rings is 1. The highest BCUT2D eigenvalue weighted by molar-refractivity contribution is 5.95. The van der Waals surface area contributed by atoms with Gasteiger partial charge in [-0.25, -0.2) is 0 Å². The second kappa shape index (κ2) is 6.90. The molecular weight excluding hydrogens is 339 g/mol. The number of alkyl halides is 3. The van der Waals surface area contributed by atoms with Gasteiger partial charge in [0.15, 0.2) is 0 Å². The van der Waals surface area contributed by atoms with Gasteiger partial charge in [0.05, 0.1) is 0 Å². The van der Waals surface area contributed by atoms with Crippen molar-refractivity contribution in [2.75, 3.05) is 6.54 Å². The van der Waals surface area contributed by atoms with E-state index in [1.807, 2.05) is 41.5 Å². The lowest BCUT2D eigenvalue weighted by Gasteiger charge is -2.37. The van der Waals surface area contributed by atoms with E-state index in [1.54, 1.807) is 12.1 Å². The first-order valence-corrected chi connectivity index (χ1v) is 9.25. The number of hydrogen-bond donors (Lipinski definition) is 0. The first kappa shape index (κ1) is 20.8. The Labute approximate surface area is 154 Å². The third-order valence-electron chi connectivity index (χ3n) is 5.05. The third-order valence-corrected chi connectivity index (χ3v) is 5.05. The number of likely N-dealkylation sites (tertiary alicyclic amines) is 1. The van der Waals surface area contributed by atoms with Crippen LogP contribution in [-0.2, 0) is 10.8 Å². The molecule has 0 spiro atoms. The van der Waals surface area contributed by atoms with Crippen molar-refractivity contribution in [2.45, 2.75) is 83.9 Å². The van der Waals surface area contributed by atoms with Crippen LogP contribution in [0.2, 0.25) is 0 Å². The molecule has 1 saturated heterocycles. The largest absolute Gasteiger partial charge is 0.408 e. The maximum absolute atomic E-state index is 13.4. The maximum atomic E-state index is 13.4. The Bertz CT molecular complexity index is 633. The summed E-state index contributed by atoms with van der Waals surface area (Å²) in [4.78, 5) is 14.1. The summed E-state index contributed by atoms with van der Waals surface area (Å²) in [5.41, 5.74) is 1.91. The molecule has 0 radical (unpaired) electrons. The van der Waals surface area contributed by atoms with Crippen LogP contribution in [0.5, 0.6) is 0 Å². The fourth-order valence-corrected chi connectivity index (χ4v) is 3.30. The zero-order valence-corrected chi connectivity index (χ0v) is 16.6. The third kappa shape index (κ3) is 4.60. The number of piperidine rings is 1. The zero-order valence-electron chi connectivity index (χ0n) is 16.6. The lowest BCUT2D eigenvalue weighted by molar-refractivity contribution is -0.183. The van der Waals surface area contributed by atoms with Crippen LogP contribution in [0.1, 0.15) is 82.3 Å². The summed E-state index contributed by atoms with van der Waals surface area (Å²) in [6.07, 6.45) is -3.28. The molecule has 0 aromatic heterocycles. The number of carbonyl (C=O) groups excluding carboxylic acids is 1. The predicted molar refractivity (Wildman–Crippen MR) is 98.6 cm³/mol. The fraction of sp³-hybridized carbons (Fsp3) is 0.667. The maximum Gasteiger partial charge on any atom is 0.408 e. The zero-order chi connectivity index (χ0) is 19.9. The van der Waals surface area contributed by atoms with Crippen molar-refractivity contribution in [3.63, 3.8) is 0 Å². The second-order valence-corrected chi connectivity index (χ2v) is 9.35. The first-order chi connectivity index (χ1) is 11.7. The standard InChI is InChI=1S/C21H30F3NO/c1-19(2,3)15-11-14(12-16(13-15)20(4,5)6)18(26)25-10-8-7-9-17(25)21(22,23)24/h11-13,17H,7-10H2,1-6H3. The summed E-state index contributed by atoms with van der Waals surface area (Å²) in [5, 5.41) is 0. The summed E-state index contributed by atoms with van der Waals surface area (Å²) >= 11 is 0. The van der Waals surface area contributed by atoms with Crippen molar-refractivity contribution in [3.05, 3.63) is 34.9 Å². The fourth-order valence-electron chi connectivity index (χ4n) is 3.30. The average Bonchev–Trinajstić information content (AvgIpc) is 2.51. The molecule has 26 heavy (non-hydrogen) atoms. The van der Waals surface area contributed by atoms with Crippen molar-refractivity contribution in [2.24, 2.45) is 0 Å². The van der Waals surface area contributed by atoms with E-state index >= 15 is 0 Å². The average molecular weight is 369 g/mol. The van der Waals surface area contributed by atoms with Gasteiger partial charge in [-0.05, 0) is 53.4 Å². The lowest BCUT2D eigenvalue weighted by Crippen LogP contribution is -2.51. The van der Waals surface area contributed by atoms with Gasteiger partial charge in [-0.15, -0.1) is 0 Å². The first-order valence-electron chi connectivity index (χ1n) is 9.25. The molecule has 1 unspecified atom stereocenters. The van der Waals surface area contributed by atoms with Gasteiger partial charge in [0.2, 0.25) is 0 Å². The van der Waals surface area contributed by atoms with Gasteiger partial charge in [0.25, 0.3) is 5.91 Å². The molecule has 2 nitrogen and oxygen atoms in total. The van der Waals surface area contributed by atoms with Crippen LogP contribution in [0.3, 0.4) is 0 Å². The van der Waals surface area contributed by atoms with Crippen LogP contribution < -0.4 is 0 Å². The minimum atomic E-state index is -4.38. The highest BCUT2D eigenvalue weighted by Crippen LogP contribution is 2.35. The van der Waals surface area contributed by atoms with Crippen LogP contribution in [0.4, 0.5) is 13.2 Å². The topological polar surface area (TPSA) is 20.3 Å². The Morgan fingerprint density at radius 3 is 1.85 bits per heavy atom. The van der Waals surface area contributed by atoms with Crippen LogP contribution in [0, 0.1) is 0 Å². The molecule has 0 saturated carbocycles. The van der Waals surface area contributed by atoms with E-state index < -0.39 is 18.1 Å². The van der Waals surface area contributed by atoms with Gasteiger partial charge in [-0.2, -0.15) is 13.2 Å². The molecule has 1 aromatic rings. The van der Waals surface area contributed by atoms with Crippen LogP contribution >= 0.6 is 0 Å².